The van der Waals surface area contributed by atoms with Crippen molar-refractivity contribution in [2.75, 3.05) is 18.6 Å². The number of benzene rings is 1. The first-order chi connectivity index (χ1) is 11.5. The van der Waals surface area contributed by atoms with Gasteiger partial charge in [-0.3, -0.25) is 10.1 Å². The average Bonchev–Trinajstić information content (AvgIpc) is 3.06. The van der Waals surface area contributed by atoms with Crippen LogP contribution in [0.5, 0.6) is 0 Å². The van der Waals surface area contributed by atoms with E-state index in [1.54, 1.807) is 30.3 Å². The van der Waals surface area contributed by atoms with E-state index in [1.165, 1.54) is 0 Å². The van der Waals surface area contributed by atoms with E-state index in [1.807, 2.05) is 10.6 Å². The van der Waals surface area contributed by atoms with E-state index in [-0.39, 0.29) is 16.7 Å². The average molecular weight is 349 g/mol. The second-order valence-corrected chi connectivity index (χ2v) is 6.20. The lowest BCUT2D eigenvalue weighted by Crippen LogP contribution is -2.32. The summed E-state index contributed by atoms with van der Waals surface area (Å²) in [5.74, 6) is 0. The predicted molar refractivity (Wildman–Crippen MR) is 91.7 cm³/mol. The van der Waals surface area contributed by atoms with Gasteiger partial charge in [0.2, 0.25) is 0 Å². The fourth-order valence-electron chi connectivity index (χ4n) is 2.97. The molecule has 24 heavy (non-hydrogen) atoms. The van der Waals surface area contributed by atoms with E-state index in [0.29, 0.717) is 24.6 Å². The van der Waals surface area contributed by atoms with Crippen LogP contribution in [-0.2, 0) is 24.4 Å². The molecule has 1 aromatic carbocycles. The summed E-state index contributed by atoms with van der Waals surface area (Å²) < 4.78 is 9.34. The molecule has 1 aliphatic heterocycles. The highest BCUT2D eigenvalue weighted by molar-refractivity contribution is 7.71. The van der Waals surface area contributed by atoms with Crippen molar-refractivity contribution in [2.45, 2.75) is 32.6 Å². The number of aromatic nitrogens is 3. The van der Waals surface area contributed by atoms with Crippen LogP contribution in [0.15, 0.2) is 24.5 Å². The van der Waals surface area contributed by atoms with Gasteiger partial charge in [-0.2, -0.15) is 5.10 Å². The molecule has 0 fully saturated rings. The molecule has 0 saturated carbocycles. The molecule has 0 N–H and O–H groups in total. The summed E-state index contributed by atoms with van der Waals surface area (Å²) in [4.78, 5) is 12.7. The summed E-state index contributed by atoms with van der Waals surface area (Å²) in [6.45, 7) is 3.85. The van der Waals surface area contributed by atoms with Crippen LogP contribution in [0.2, 0.25) is 0 Å². The Morgan fingerprint density at radius 1 is 1.50 bits per heavy atom. The predicted octanol–water partition coefficient (Wildman–Crippen LogP) is 2.38. The van der Waals surface area contributed by atoms with E-state index in [4.69, 9.17) is 17.0 Å². The fourth-order valence-corrected chi connectivity index (χ4v) is 3.21. The van der Waals surface area contributed by atoms with Gasteiger partial charge in [0.15, 0.2) is 4.77 Å². The second-order valence-electron chi connectivity index (χ2n) is 5.83. The number of nitrogens with zero attached hydrogens (tertiary/aromatic N) is 5. The normalized spacial score (nSPS) is 16.4. The highest BCUT2D eigenvalue weighted by atomic mass is 32.1. The van der Waals surface area contributed by atoms with Crippen LogP contribution in [0.25, 0.3) is 0 Å². The Bertz CT molecular complexity index is 816. The highest BCUT2D eigenvalue weighted by Gasteiger charge is 2.28. The van der Waals surface area contributed by atoms with Crippen LogP contribution < -0.4 is 4.90 Å². The van der Waals surface area contributed by atoms with E-state index in [2.05, 4.69) is 16.9 Å². The number of ether oxygens (including phenoxy) is 1. The standard InChI is InChI=1S/C15H19N5O3S/c1-11-7-12-8-13(20(21)22)3-4-14(12)18(11)10-19-15(24)17(9-16-19)5-6-23-2/h3-4,8-9,11H,5-7,10H2,1-2H3. The summed E-state index contributed by atoms with van der Waals surface area (Å²) in [5.41, 5.74) is 2.12. The lowest BCUT2D eigenvalue weighted by molar-refractivity contribution is -0.384. The first-order valence-corrected chi connectivity index (χ1v) is 8.07. The third kappa shape index (κ3) is 3.04. The zero-order chi connectivity index (χ0) is 17.3. The third-order valence-electron chi connectivity index (χ3n) is 4.25. The summed E-state index contributed by atoms with van der Waals surface area (Å²) in [7, 11) is 1.65. The molecule has 8 nitrogen and oxygen atoms in total. The molecule has 1 unspecified atom stereocenters. The quantitative estimate of drug-likeness (QED) is 0.453. The smallest absolute Gasteiger partial charge is 0.269 e. The first kappa shape index (κ1) is 16.6. The Labute approximate surface area is 144 Å². The van der Waals surface area contributed by atoms with Gasteiger partial charge in [0, 0.05) is 37.5 Å². The maximum absolute atomic E-state index is 10.9. The van der Waals surface area contributed by atoms with Crippen LogP contribution in [-0.4, -0.2) is 39.0 Å². The molecule has 1 aromatic heterocycles. The van der Waals surface area contributed by atoms with Gasteiger partial charge in [-0.25, -0.2) is 4.68 Å². The van der Waals surface area contributed by atoms with Crippen LogP contribution in [0.1, 0.15) is 12.5 Å². The van der Waals surface area contributed by atoms with E-state index < -0.39 is 0 Å². The fraction of sp³-hybridized carbons (Fsp3) is 0.467. The molecule has 0 spiro atoms. The lowest BCUT2D eigenvalue weighted by Gasteiger charge is -2.24. The van der Waals surface area contributed by atoms with E-state index in [9.17, 15) is 10.1 Å². The molecule has 1 atom stereocenters. The van der Waals surface area contributed by atoms with Crippen molar-refractivity contribution in [1.29, 1.82) is 0 Å². The topological polar surface area (TPSA) is 78.4 Å². The number of hydrogen-bond donors (Lipinski definition) is 0. The highest BCUT2D eigenvalue weighted by Crippen LogP contribution is 2.34. The van der Waals surface area contributed by atoms with Crippen LogP contribution in [0.4, 0.5) is 11.4 Å². The Kier molecular flexibility index (Phi) is 4.63. The van der Waals surface area contributed by atoms with Gasteiger partial charge < -0.3 is 14.2 Å². The van der Waals surface area contributed by atoms with Crippen LogP contribution in [0, 0.1) is 14.9 Å². The number of nitro groups is 1. The number of hydrogen-bond acceptors (Lipinski definition) is 6. The zero-order valence-electron chi connectivity index (χ0n) is 13.6. The molecular formula is C15H19N5O3S. The maximum atomic E-state index is 10.9. The monoisotopic (exact) mass is 349 g/mol. The van der Waals surface area contributed by atoms with Crippen LogP contribution in [0.3, 0.4) is 0 Å². The van der Waals surface area contributed by atoms with Gasteiger partial charge >= 0.3 is 0 Å². The molecule has 2 heterocycles. The molecule has 3 rings (SSSR count). The zero-order valence-corrected chi connectivity index (χ0v) is 14.4. The SMILES string of the molecule is COCCn1cnn(CN2c3ccc([N+](=O)[O-])cc3CC2C)c1=S. The molecule has 128 valence electrons. The minimum absolute atomic E-state index is 0.128. The molecular weight excluding hydrogens is 330 g/mol. The minimum Gasteiger partial charge on any atom is -0.383 e. The van der Waals surface area contributed by atoms with Gasteiger partial charge in [0.1, 0.15) is 13.0 Å². The number of fused-ring (bicyclic) bond motifs is 1. The second kappa shape index (κ2) is 6.70. The summed E-state index contributed by atoms with van der Waals surface area (Å²) in [5, 5.41) is 15.3. The Balaban J connectivity index is 1.83. The number of nitro benzene ring substituents is 1. The van der Waals surface area contributed by atoms with E-state index in [0.717, 1.165) is 17.7 Å². The van der Waals surface area contributed by atoms with Gasteiger partial charge in [0.05, 0.1) is 11.5 Å². The van der Waals surface area contributed by atoms with Crippen molar-refractivity contribution < 1.29 is 9.66 Å². The third-order valence-corrected chi connectivity index (χ3v) is 4.70. The van der Waals surface area contributed by atoms with Crippen molar-refractivity contribution in [3.63, 3.8) is 0 Å². The molecule has 9 heteroatoms. The minimum atomic E-state index is -0.360. The molecule has 0 aliphatic carbocycles. The molecule has 2 aromatic rings. The largest absolute Gasteiger partial charge is 0.383 e. The van der Waals surface area contributed by atoms with Gasteiger partial charge in [-0.05, 0) is 37.2 Å². The van der Waals surface area contributed by atoms with Gasteiger partial charge in [-0.1, -0.05) is 0 Å². The summed E-state index contributed by atoms with van der Waals surface area (Å²) in [6.07, 6.45) is 2.48. The van der Waals surface area contributed by atoms with Crippen LogP contribution >= 0.6 is 12.2 Å². The number of non-ortho nitro benzene ring substituents is 1. The molecule has 0 bridgehead atoms. The van der Waals surface area contributed by atoms with Crippen molar-refractivity contribution in [3.8, 4) is 0 Å². The van der Waals surface area contributed by atoms with Crippen molar-refractivity contribution in [2.24, 2.45) is 0 Å². The number of methoxy groups -OCH3 is 1. The van der Waals surface area contributed by atoms with Gasteiger partial charge in [-0.15, -0.1) is 0 Å². The van der Waals surface area contributed by atoms with E-state index >= 15 is 0 Å². The summed E-state index contributed by atoms with van der Waals surface area (Å²) in [6, 6.07) is 5.23. The van der Waals surface area contributed by atoms with Gasteiger partial charge in [0.25, 0.3) is 5.69 Å². The summed E-state index contributed by atoms with van der Waals surface area (Å²) >= 11 is 5.46. The molecule has 0 radical (unpaired) electrons. The Hall–Kier alpha value is -2.26. The van der Waals surface area contributed by atoms with Crippen molar-refractivity contribution in [3.05, 3.63) is 45.0 Å². The van der Waals surface area contributed by atoms with Crippen molar-refractivity contribution in [1.82, 2.24) is 14.3 Å². The maximum Gasteiger partial charge on any atom is 0.269 e. The first-order valence-electron chi connectivity index (χ1n) is 7.66. The number of rotatable bonds is 6. The molecule has 0 amide bonds. The number of anilines is 1. The lowest BCUT2D eigenvalue weighted by atomic mass is 10.1. The Morgan fingerprint density at radius 3 is 3.00 bits per heavy atom. The molecule has 1 aliphatic rings. The molecule has 0 saturated heterocycles. The van der Waals surface area contributed by atoms with Crippen molar-refractivity contribution >= 4 is 23.6 Å². The Morgan fingerprint density at radius 2 is 2.29 bits per heavy atom.